The maximum Gasteiger partial charge on any atom is 0.222 e. The highest BCUT2D eigenvalue weighted by molar-refractivity contribution is 5.76. The molecule has 0 heterocycles. The van der Waals surface area contributed by atoms with Gasteiger partial charge in [-0.1, -0.05) is 19.3 Å². The van der Waals surface area contributed by atoms with Crippen LogP contribution in [0.3, 0.4) is 0 Å². The second-order valence-corrected chi connectivity index (χ2v) is 4.54. The molecular weight excluding hydrogens is 188 g/mol. The van der Waals surface area contributed by atoms with Gasteiger partial charge in [-0.15, -0.1) is 0 Å². The Morgan fingerprint density at radius 3 is 2.53 bits per heavy atom. The van der Waals surface area contributed by atoms with E-state index in [4.69, 9.17) is 5.73 Å². The molecule has 0 bridgehead atoms. The van der Waals surface area contributed by atoms with Gasteiger partial charge in [-0.2, -0.15) is 0 Å². The molecule has 1 fully saturated rings. The van der Waals surface area contributed by atoms with Gasteiger partial charge in [0.2, 0.25) is 5.91 Å². The molecule has 0 aliphatic heterocycles. The molecule has 0 aromatic heterocycles. The van der Waals surface area contributed by atoms with Crippen LogP contribution in [-0.2, 0) is 4.79 Å². The van der Waals surface area contributed by atoms with E-state index >= 15 is 0 Å². The molecule has 3 nitrogen and oxygen atoms in total. The molecule has 0 saturated heterocycles. The first kappa shape index (κ1) is 12.5. The Bertz CT molecular complexity index is 188. The minimum atomic E-state index is 0.318. The number of hydrogen-bond donors (Lipinski definition) is 1. The van der Waals surface area contributed by atoms with Crippen LogP contribution in [0.4, 0.5) is 0 Å². The largest absolute Gasteiger partial charge is 0.343 e. The number of nitrogens with zero attached hydrogens (tertiary/aromatic N) is 1. The maximum absolute atomic E-state index is 11.8. The lowest BCUT2D eigenvalue weighted by molar-refractivity contribution is -0.132. The molecule has 0 atom stereocenters. The lowest BCUT2D eigenvalue weighted by Gasteiger charge is -2.24. The van der Waals surface area contributed by atoms with Crippen LogP contribution in [-0.4, -0.2) is 30.4 Å². The van der Waals surface area contributed by atoms with E-state index in [1.54, 1.807) is 0 Å². The summed E-state index contributed by atoms with van der Waals surface area (Å²) in [5.41, 5.74) is 5.41. The van der Waals surface area contributed by atoms with E-state index in [1.807, 2.05) is 11.9 Å². The summed E-state index contributed by atoms with van der Waals surface area (Å²) in [6.45, 7) is 0.743. The zero-order valence-electron chi connectivity index (χ0n) is 9.87. The molecule has 0 aromatic carbocycles. The summed E-state index contributed by atoms with van der Waals surface area (Å²) >= 11 is 0. The highest BCUT2D eigenvalue weighted by Crippen LogP contribution is 2.23. The second kappa shape index (κ2) is 6.83. The van der Waals surface area contributed by atoms with Crippen molar-refractivity contribution in [3.63, 3.8) is 0 Å². The number of rotatable bonds is 6. The van der Waals surface area contributed by atoms with Gasteiger partial charge in [-0.05, 0) is 32.2 Å². The van der Waals surface area contributed by atoms with Crippen molar-refractivity contribution >= 4 is 5.91 Å². The standard InChI is InChI=1S/C12H24N2O/c1-14(11-7-4-5-8-11)12(15)9-3-2-6-10-13/h11H,2-10,13H2,1H3. The van der Waals surface area contributed by atoms with Gasteiger partial charge in [0.1, 0.15) is 0 Å². The minimum Gasteiger partial charge on any atom is -0.343 e. The summed E-state index contributed by atoms with van der Waals surface area (Å²) in [4.78, 5) is 13.8. The molecule has 2 N–H and O–H groups in total. The quantitative estimate of drug-likeness (QED) is 0.684. The lowest BCUT2D eigenvalue weighted by Crippen LogP contribution is -2.34. The van der Waals surface area contributed by atoms with Gasteiger partial charge in [0, 0.05) is 19.5 Å². The van der Waals surface area contributed by atoms with Gasteiger partial charge < -0.3 is 10.6 Å². The number of hydrogen-bond acceptors (Lipinski definition) is 2. The van der Waals surface area contributed by atoms with E-state index in [0.29, 0.717) is 18.4 Å². The number of carbonyl (C=O) groups excluding carboxylic acids is 1. The fraction of sp³-hybridized carbons (Fsp3) is 0.917. The van der Waals surface area contributed by atoms with Crippen molar-refractivity contribution in [2.45, 2.75) is 57.4 Å². The Morgan fingerprint density at radius 1 is 1.27 bits per heavy atom. The predicted molar refractivity (Wildman–Crippen MR) is 62.5 cm³/mol. The fourth-order valence-corrected chi connectivity index (χ4v) is 2.27. The van der Waals surface area contributed by atoms with Crippen LogP contribution < -0.4 is 5.73 Å². The molecular formula is C12H24N2O. The maximum atomic E-state index is 11.8. The van der Waals surface area contributed by atoms with Gasteiger partial charge in [0.15, 0.2) is 0 Å². The molecule has 1 rings (SSSR count). The van der Waals surface area contributed by atoms with Crippen molar-refractivity contribution in [3.8, 4) is 0 Å². The van der Waals surface area contributed by atoms with E-state index < -0.39 is 0 Å². The van der Waals surface area contributed by atoms with E-state index in [2.05, 4.69) is 0 Å². The van der Waals surface area contributed by atoms with E-state index in [9.17, 15) is 4.79 Å². The Labute approximate surface area is 93.0 Å². The molecule has 88 valence electrons. The van der Waals surface area contributed by atoms with Crippen LogP contribution in [0.1, 0.15) is 51.4 Å². The molecule has 0 radical (unpaired) electrons. The third-order valence-electron chi connectivity index (χ3n) is 3.36. The molecule has 15 heavy (non-hydrogen) atoms. The van der Waals surface area contributed by atoms with Crippen LogP contribution in [0.25, 0.3) is 0 Å². The summed E-state index contributed by atoms with van der Waals surface area (Å²) in [5, 5.41) is 0. The first-order valence-electron chi connectivity index (χ1n) is 6.21. The average Bonchev–Trinajstić information content (AvgIpc) is 2.76. The first-order valence-corrected chi connectivity index (χ1v) is 6.21. The van der Waals surface area contributed by atoms with Crippen LogP contribution in [0, 0.1) is 0 Å². The summed E-state index contributed by atoms with van der Waals surface area (Å²) in [5.74, 6) is 0.318. The Morgan fingerprint density at radius 2 is 1.93 bits per heavy atom. The van der Waals surface area contributed by atoms with Crippen molar-refractivity contribution in [1.82, 2.24) is 4.90 Å². The highest BCUT2D eigenvalue weighted by atomic mass is 16.2. The Balaban J connectivity index is 2.14. The second-order valence-electron chi connectivity index (χ2n) is 4.54. The average molecular weight is 212 g/mol. The van der Waals surface area contributed by atoms with Gasteiger partial charge in [0.05, 0.1) is 0 Å². The van der Waals surface area contributed by atoms with Crippen molar-refractivity contribution in [3.05, 3.63) is 0 Å². The minimum absolute atomic E-state index is 0.318. The topological polar surface area (TPSA) is 46.3 Å². The van der Waals surface area contributed by atoms with E-state index in [-0.39, 0.29) is 0 Å². The molecule has 3 heteroatoms. The molecule has 0 aromatic rings. The lowest BCUT2D eigenvalue weighted by atomic mass is 10.1. The molecule has 1 aliphatic carbocycles. The van der Waals surface area contributed by atoms with E-state index in [1.165, 1.54) is 25.7 Å². The van der Waals surface area contributed by atoms with Crippen LogP contribution in [0.15, 0.2) is 0 Å². The monoisotopic (exact) mass is 212 g/mol. The number of carbonyl (C=O) groups is 1. The van der Waals surface area contributed by atoms with Gasteiger partial charge in [0.25, 0.3) is 0 Å². The molecule has 1 saturated carbocycles. The third kappa shape index (κ3) is 4.20. The first-order chi connectivity index (χ1) is 7.25. The molecule has 0 spiro atoms. The fourth-order valence-electron chi connectivity index (χ4n) is 2.27. The van der Waals surface area contributed by atoms with Crippen molar-refractivity contribution in [1.29, 1.82) is 0 Å². The van der Waals surface area contributed by atoms with Crippen LogP contribution in [0.2, 0.25) is 0 Å². The molecule has 1 amide bonds. The zero-order chi connectivity index (χ0) is 11.1. The number of unbranched alkanes of at least 4 members (excludes halogenated alkanes) is 2. The van der Waals surface area contributed by atoms with Crippen molar-refractivity contribution in [2.75, 3.05) is 13.6 Å². The predicted octanol–water partition coefficient (Wildman–Crippen LogP) is 1.91. The molecule has 0 unspecified atom stereocenters. The summed E-state index contributed by atoms with van der Waals surface area (Å²) in [7, 11) is 1.96. The van der Waals surface area contributed by atoms with Crippen molar-refractivity contribution in [2.24, 2.45) is 5.73 Å². The summed E-state index contributed by atoms with van der Waals surface area (Å²) < 4.78 is 0. The SMILES string of the molecule is CN(C(=O)CCCCCN)C1CCCC1. The number of nitrogens with two attached hydrogens (primary N) is 1. The van der Waals surface area contributed by atoms with Gasteiger partial charge >= 0.3 is 0 Å². The summed E-state index contributed by atoms with van der Waals surface area (Å²) in [6, 6.07) is 0.520. The van der Waals surface area contributed by atoms with Crippen LogP contribution in [0.5, 0.6) is 0 Å². The van der Waals surface area contributed by atoms with E-state index in [0.717, 1.165) is 25.8 Å². The normalized spacial score (nSPS) is 16.9. The van der Waals surface area contributed by atoms with Crippen LogP contribution >= 0.6 is 0 Å². The third-order valence-corrected chi connectivity index (χ3v) is 3.36. The Kier molecular flexibility index (Phi) is 5.69. The van der Waals surface area contributed by atoms with Gasteiger partial charge in [-0.3, -0.25) is 4.79 Å². The number of amides is 1. The Hall–Kier alpha value is -0.570. The van der Waals surface area contributed by atoms with Crippen molar-refractivity contribution < 1.29 is 4.79 Å². The molecule has 1 aliphatic rings. The highest BCUT2D eigenvalue weighted by Gasteiger charge is 2.22. The smallest absolute Gasteiger partial charge is 0.222 e. The van der Waals surface area contributed by atoms with Gasteiger partial charge in [-0.25, -0.2) is 0 Å². The summed E-state index contributed by atoms with van der Waals surface area (Å²) in [6.07, 6.45) is 8.79. The zero-order valence-corrected chi connectivity index (χ0v) is 9.87.